The van der Waals surface area contributed by atoms with E-state index < -0.39 is 10.0 Å². The maximum absolute atomic E-state index is 13.3. The number of aryl methyl sites for hydroxylation is 3. The number of fused-ring (bicyclic) bond motifs is 2. The molecule has 0 bridgehead atoms. The van der Waals surface area contributed by atoms with E-state index in [-0.39, 0.29) is 16.4 Å². The maximum atomic E-state index is 13.3. The van der Waals surface area contributed by atoms with Crippen molar-refractivity contribution in [2.24, 2.45) is 0 Å². The van der Waals surface area contributed by atoms with E-state index in [1.165, 1.54) is 31.5 Å². The average molecular weight is 489 g/mol. The van der Waals surface area contributed by atoms with Gasteiger partial charge in [-0.1, -0.05) is 6.42 Å². The molecular weight excluding hydrogens is 460 g/mol. The monoisotopic (exact) mass is 488 g/mol. The Kier molecular flexibility index (Phi) is 6.19. The number of carbonyl (C=O) groups excluding carboxylic acids is 1. The summed E-state index contributed by atoms with van der Waals surface area (Å²) in [5.74, 6) is 0.406. The van der Waals surface area contributed by atoms with E-state index in [1.807, 2.05) is 13.8 Å². The van der Waals surface area contributed by atoms with Gasteiger partial charge in [0.2, 0.25) is 10.0 Å². The Morgan fingerprint density at radius 3 is 2.55 bits per heavy atom. The third kappa shape index (κ3) is 4.11. The van der Waals surface area contributed by atoms with Gasteiger partial charge in [0.25, 0.3) is 11.5 Å². The van der Waals surface area contributed by atoms with Crippen LogP contribution in [0.3, 0.4) is 0 Å². The van der Waals surface area contributed by atoms with Gasteiger partial charge >= 0.3 is 0 Å². The number of aromatic nitrogens is 2. The Balaban J connectivity index is 1.76. The third-order valence-electron chi connectivity index (χ3n) is 6.29. The zero-order valence-electron chi connectivity index (χ0n) is 19.5. The second-order valence-corrected chi connectivity index (χ2v) is 11.8. The molecule has 0 atom stereocenters. The number of nitrogens with zero attached hydrogens (tertiary/aromatic N) is 3. The molecule has 33 heavy (non-hydrogen) atoms. The summed E-state index contributed by atoms with van der Waals surface area (Å²) in [4.78, 5) is 32.3. The van der Waals surface area contributed by atoms with Gasteiger partial charge in [0.05, 0.1) is 15.2 Å². The van der Waals surface area contributed by atoms with Crippen molar-refractivity contribution in [2.75, 3.05) is 19.4 Å². The third-order valence-corrected chi connectivity index (χ3v) is 9.26. The molecular formula is C23H28N4O4S2. The molecule has 176 valence electrons. The molecule has 0 aliphatic carbocycles. The first-order chi connectivity index (χ1) is 15.5. The second-order valence-electron chi connectivity index (χ2n) is 8.69. The SMILES string of the molecule is Cc1cc(S(=O)(=O)N(C)C)cc(NC(=O)c2sc3nc4n(c(=O)c3c2C)CCCCC4)c1C. The molecule has 10 heteroatoms. The first kappa shape index (κ1) is 23.6. The highest BCUT2D eigenvalue weighted by Crippen LogP contribution is 2.31. The zero-order chi connectivity index (χ0) is 24.1. The number of anilines is 1. The number of sulfonamides is 1. The molecule has 1 aliphatic heterocycles. The van der Waals surface area contributed by atoms with Gasteiger partial charge in [-0.05, 0) is 62.4 Å². The molecule has 8 nitrogen and oxygen atoms in total. The maximum Gasteiger partial charge on any atom is 0.266 e. The number of carbonyl (C=O) groups is 1. The summed E-state index contributed by atoms with van der Waals surface area (Å²) in [6.07, 6.45) is 3.78. The van der Waals surface area contributed by atoms with Gasteiger partial charge in [-0.3, -0.25) is 14.2 Å². The smallest absolute Gasteiger partial charge is 0.266 e. The van der Waals surface area contributed by atoms with E-state index in [2.05, 4.69) is 5.32 Å². The normalized spacial score (nSPS) is 14.4. The van der Waals surface area contributed by atoms with Crippen molar-refractivity contribution >= 4 is 43.2 Å². The van der Waals surface area contributed by atoms with Crippen LogP contribution >= 0.6 is 11.3 Å². The Morgan fingerprint density at radius 2 is 1.85 bits per heavy atom. The molecule has 0 unspecified atom stereocenters. The molecule has 3 aromatic rings. The zero-order valence-corrected chi connectivity index (χ0v) is 21.1. The molecule has 1 amide bonds. The number of hydrogen-bond donors (Lipinski definition) is 1. The van der Waals surface area contributed by atoms with Gasteiger partial charge in [-0.15, -0.1) is 11.3 Å². The molecule has 2 aromatic heterocycles. The molecule has 1 aliphatic rings. The lowest BCUT2D eigenvalue weighted by atomic mass is 10.1. The molecule has 3 heterocycles. The molecule has 0 spiro atoms. The Labute approximate surface area is 197 Å². The molecule has 1 aromatic carbocycles. The van der Waals surface area contributed by atoms with E-state index >= 15 is 0 Å². The highest BCUT2D eigenvalue weighted by Gasteiger charge is 2.24. The first-order valence-electron chi connectivity index (χ1n) is 10.9. The minimum absolute atomic E-state index is 0.0872. The minimum atomic E-state index is -3.66. The van der Waals surface area contributed by atoms with Crippen LogP contribution in [0.25, 0.3) is 10.2 Å². The minimum Gasteiger partial charge on any atom is -0.321 e. The highest BCUT2D eigenvalue weighted by molar-refractivity contribution is 7.89. The van der Waals surface area contributed by atoms with Gasteiger partial charge in [0.1, 0.15) is 10.7 Å². The fourth-order valence-electron chi connectivity index (χ4n) is 4.12. The van der Waals surface area contributed by atoms with Gasteiger partial charge < -0.3 is 5.32 Å². The van der Waals surface area contributed by atoms with Crippen molar-refractivity contribution in [3.63, 3.8) is 0 Å². The predicted molar refractivity (Wildman–Crippen MR) is 131 cm³/mol. The van der Waals surface area contributed by atoms with Gasteiger partial charge in [0.15, 0.2) is 0 Å². The second kappa shape index (κ2) is 8.66. The number of thiophene rings is 1. The summed E-state index contributed by atoms with van der Waals surface area (Å²) in [7, 11) is -0.718. The highest BCUT2D eigenvalue weighted by atomic mass is 32.2. The largest absolute Gasteiger partial charge is 0.321 e. The van der Waals surface area contributed by atoms with E-state index in [9.17, 15) is 18.0 Å². The van der Waals surface area contributed by atoms with Crippen molar-refractivity contribution in [3.8, 4) is 0 Å². The van der Waals surface area contributed by atoms with E-state index in [4.69, 9.17) is 4.98 Å². The van der Waals surface area contributed by atoms with Crippen molar-refractivity contribution in [3.05, 3.63) is 49.9 Å². The Bertz CT molecular complexity index is 1440. The fourth-order valence-corrected chi connectivity index (χ4v) is 6.22. The fraction of sp³-hybridized carbons (Fsp3) is 0.435. The molecule has 4 rings (SSSR count). The molecule has 0 radical (unpaired) electrons. The van der Waals surface area contributed by atoms with E-state index in [1.54, 1.807) is 17.6 Å². The topological polar surface area (TPSA) is 101 Å². The average Bonchev–Trinajstić information content (AvgIpc) is 2.92. The van der Waals surface area contributed by atoms with Crippen LogP contribution in [-0.4, -0.2) is 42.3 Å². The van der Waals surface area contributed by atoms with Crippen LogP contribution in [0.15, 0.2) is 21.8 Å². The number of amides is 1. The van der Waals surface area contributed by atoms with Crippen LogP contribution in [0.5, 0.6) is 0 Å². The van der Waals surface area contributed by atoms with E-state index in [0.29, 0.717) is 32.9 Å². The van der Waals surface area contributed by atoms with Crippen molar-refractivity contribution in [2.45, 2.75) is 57.9 Å². The molecule has 1 N–H and O–H groups in total. The van der Waals surface area contributed by atoms with Crippen LogP contribution in [-0.2, 0) is 23.0 Å². The van der Waals surface area contributed by atoms with Crippen molar-refractivity contribution in [1.82, 2.24) is 13.9 Å². The quantitative estimate of drug-likeness (QED) is 0.605. The number of nitrogens with one attached hydrogen (secondary N) is 1. The summed E-state index contributed by atoms with van der Waals surface area (Å²) in [6.45, 7) is 6.06. The lowest BCUT2D eigenvalue weighted by Gasteiger charge is -2.16. The summed E-state index contributed by atoms with van der Waals surface area (Å²) in [5, 5.41) is 3.36. The van der Waals surface area contributed by atoms with Crippen LogP contribution in [0, 0.1) is 20.8 Å². The predicted octanol–water partition coefficient (Wildman–Crippen LogP) is 3.61. The number of hydrogen-bond acceptors (Lipinski definition) is 6. The molecule has 0 fully saturated rings. The summed E-state index contributed by atoms with van der Waals surface area (Å²) in [6, 6.07) is 3.08. The summed E-state index contributed by atoms with van der Waals surface area (Å²) in [5.41, 5.74) is 2.49. The van der Waals surface area contributed by atoms with Crippen LogP contribution in [0.4, 0.5) is 5.69 Å². The Morgan fingerprint density at radius 1 is 1.12 bits per heavy atom. The standard InChI is InChI=1S/C23H28N4O4S2/c1-13-11-16(33(30,31)26(4)5)12-17(14(13)2)24-21(28)20-15(3)19-22(32-20)25-18-9-7-6-8-10-27(18)23(19)29/h11-12H,6-10H2,1-5H3,(H,24,28). The van der Waals surface area contributed by atoms with Crippen molar-refractivity contribution in [1.29, 1.82) is 0 Å². The van der Waals surface area contributed by atoms with Gasteiger partial charge in [-0.25, -0.2) is 17.7 Å². The lowest BCUT2D eigenvalue weighted by Crippen LogP contribution is -2.24. The van der Waals surface area contributed by atoms with Crippen LogP contribution in [0.1, 0.15) is 51.4 Å². The Hall–Kier alpha value is -2.56. The number of rotatable bonds is 4. The van der Waals surface area contributed by atoms with Gasteiger partial charge in [0, 0.05) is 32.7 Å². The number of benzene rings is 1. The summed E-state index contributed by atoms with van der Waals surface area (Å²) >= 11 is 1.21. The first-order valence-corrected chi connectivity index (χ1v) is 13.2. The van der Waals surface area contributed by atoms with Crippen molar-refractivity contribution < 1.29 is 13.2 Å². The molecule has 0 saturated carbocycles. The summed E-state index contributed by atoms with van der Waals surface area (Å²) < 4.78 is 28.2. The lowest BCUT2D eigenvalue weighted by molar-refractivity contribution is 0.103. The molecule has 0 saturated heterocycles. The van der Waals surface area contributed by atoms with E-state index in [0.717, 1.165) is 46.9 Å². The van der Waals surface area contributed by atoms with Crippen LogP contribution in [0.2, 0.25) is 0 Å². The van der Waals surface area contributed by atoms with Crippen LogP contribution < -0.4 is 10.9 Å². The van der Waals surface area contributed by atoms with Gasteiger partial charge in [-0.2, -0.15) is 0 Å².